The monoisotopic (exact) mass is 312 g/mol. The number of hydrazone groups is 1. The molecule has 23 heavy (non-hydrogen) atoms. The van der Waals surface area contributed by atoms with Crippen LogP contribution in [-0.4, -0.2) is 30.3 Å². The lowest BCUT2D eigenvalue weighted by Crippen LogP contribution is -2.25. The molecular formula is C18H17FN2O2. The number of nitrogens with zero attached hydrogens (tertiary/aromatic N) is 2. The van der Waals surface area contributed by atoms with Crippen molar-refractivity contribution in [3.63, 3.8) is 0 Å². The zero-order chi connectivity index (χ0) is 16.2. The molecule has 0 bridgehead atoms. The molecule has 0 spiro atoms. The highest BCUT2D eigenvalue weighted by molar-refractivity contribution is 6.02. The zero-order valence-electron chi connectivity index (χ0n) is 12.8. The lowest BCUT2D eigenvalue weighted by atomic mass is 10.1. The van der Waals surface area contributed by atoms with Crippen LogP contribution in [0.3, 0.4) is 0 Å². The molecule has 0 fully saturated rings. The summed E-state index contributed by atoms with van der Waals surface area (Å²) in [6, 6.07) is 13.6. The van der Waals surface area contributed by atoms with Crippen molar-refractivity contribution in [1.29, 1.82) is 0 Å². The molecule has 2 aromatic carbocycles. The van der Waals surface area contributed by atoms with Crippen LogP contribution in [0.4, 0.5) is 4.39 Å². The molecule has 0 unspecified atom stereocenters. The van der Waals surface area contributed by atoms with E-state index in [2.05, 4.69) is 5.10 Å². The maximum atomic E-state index is 13.0. The van der Waals surface area contributed by atoms with Crippen molar-refractivity contribution in [2.24, 2.45) is 5.10 Å². The molecule has 2 aromatic rings. The molecule has 1 aliphatic heterocycles. The Balaban J connectivity index is 1.67. The van der Waals surface area contributed by atoms with Gasteiger partial charge in [-0.15, -0.1) is 0 Å². The predicted molar refractivity (Wildman–Crippen MR) is 86.0 cm³/mol. The van der Waals surface area contributed by atoms with E-state index in [1.165, 1.54) is 17.1 Å². The standard InChI is InChI=1S/C18H17FN2O2/c1-23-16-8-2-13(3-9-16)12-18(22)21-11-10-17(20-21)14-4-6-15(19)7-5-14/h2-9H,10-12H2,1H3. The highest BCUT2D eigenvalue weighted by atomic mass is 19.1. The van der Waals surface area contributed by atoms with E-state index in [9.17, 15) is 9.18 Å². The Hall–Kier alpha value is -2.69. The first-order chi connectivity index (χ1) is 11.2. The molecule has 0 N–H and O–H groups in total. The molecule has 4 nitrogen and oxygen atoms in total. The van der Waals surface area contributed by atoms with Gasteiger partial charge in [-0.2, -0.15) is 5.10 Å². The third-order valence-corrected chi connectivity index (χ3v) is 3.78. The van der Waals surface area contributed by atoms with Gasteiger partial charge in [0, 0.05) is 6.42 Å². The second-order valence-corrected chi connectivity index (χ2v) is 5.35. The normalized spacial score (nSPS) is 13.8. The Kier molecular flexibility index (Phi) is 4.37. The Bertz CT molecular complexity index is 724. The number of rotatable bonds is 4. The minimum atomic E-state index is -0.278. The SMILES string of the molecule is COc1ccc(CC(=O)N2CCC(c3ccc(F)cc3)=N2)cc1. The summed E-state index contributed by atoms with van der Waals surface area (Å²) >= 11 is 0. The summed E-state index contributed by atoms with van der Waals surface area (Å²) in [5, 5.41) is 5.86. The molecule has 0 saturated carbocycles. The lowest BCUT2D eigenvalue weighted by Gasteiger charge is -2.11. The third-order valence-electron chi connectivity index (χ3n) is 3.78. The van der Waals surface area contributed by atoms with Gasteiger partial charge in [-0.3, -0.25) is 4.79 Å². The maximum absolute atomic E-state index is 13.0. The second-order valence-electron chi connectivity index (χ2n) is 5.35. The van der Waals surface area contributed by atoms with Crippen molar-refractivity contribution in [3.8, 4) is 5.75 Å². The smallest absolute Gasteiger partial charge is 0.247 e. The number of benzene rings is 2. The zero-order valence-corrected chi connectivity index (χ0v) is 12.8. The van der Waals surface area contributed by atoms with E-state index in [0.29, 0.717) is 19.4 Å². The fourth-order valence-corrected chi connectivity index (χ4v) is 2.49. The van der Waals surface area contributed by atoms with Gasteiger partial charge in [0.05, 0.1) is 25.8 Å². The fraction of sp³-hybridized carbons (Fsp3) is 0.222. The minimum Gasteiger partial charge on any atom is -0.497 e. The van der Waals surface area contributed by atoms with Crippen molar-refractivity contribution in [3.05, 3.63) is 65.5 Å². The first-order valence-electron chi connectivity index (χ1n) is 7.42. The number of ether oxygens (including phenoxy) is 1. The molecule has 0 aromatic heterocycles. The van der Waals surface area contributed by atoms with Crippen molar-refractivity contribution < 1.29 is 13.9 Å². The first kappa shape index (κ1) is 15.2. The van der Waals surface area contributed by atoms with Crippen molar-refractivity contribution in [2.45, 2.75) is 12.8 Å². The van der Waals surface area contributed by atoms with E-state index in [-0.39, 0.29) is 11.7 Å². The van der Waals surface area contributed by atoms with Crippen LogP contribution in [0, 0.1) is 5.82 Å². The van der Waals surface area contributed by atoms with Gasteiger partial charge in [-0.1, -0.05) is 24.3 Å². The molecule has 3 rings (SSSR count). The number of carbonyl (C=O) groups is 1. The predicted octanol–water partition coefficient (Wildman–Crippen LogP) is 3.01. The van der Waals surface area contributed by atoms with E-state index in [1.54, 1.807) is 19.2 Å². The molecule has 1 heterocycles. The highest BCUT2D eigenvalue weighted by Crippen LogP contribution is 2.17. The number of hydrogen-bond acceptors (Lipinski definition) is 3. The topological polar surface area (TPSA) is 41.9 Å². The summed E-state index contributed by atoms with van der Waals surface area (Å²) in [5.74, 6) is 0.436. The Labute approximate surface area is 134 Å². The molecule has 0 atom stereocenters. The third kappa shape index (κ3) is 3.56. The van der Waals surface area contributed by atoms with Gasteiger partial charge in [0.25, 0.3) is 0 Å². The van der Waals surface area contributed by atoms with Gasteiger partial charge in [-0.05, 0) is 35.4 Å². The van der Waals surface area contributed by atoms with Crippen LogP contribution < -0.4 is 4.74 Å². The molecule has 118 valence electrons. The van der Waals surface area contributed by atoms with Crippen molar-refractivity contribution >= 4 is 11.6 Å². The van der Waals surface area contributed by atoms with E-state index < -0.39 is 0 Å². The summed E-state index contributed by atoms with van der Waals surface area (Å²) in [7, 11) is 1.61. The quantitative estimate of drug-likeness (QED) is 0.871. The van der Waals surface area contributed by atoms with Gasteiger partial charge in [-0.25, -0.2) is 9.40 Å². The lowest BCUT2D eigenvalue weighted by molar-refractivity contribution is -0.130. The molecule has 5 heteroatoms. The number of carbonyl (C=O) groups excluding carboxylic acids is 1. The number of methoxy groups -OCH3 is 1. The highest BCUT2D eigenvalue weighted by Gasteiger charge is 2.21. The summed E-state index contributed by atoms with van der Waals surface area (Å²) in [4.78, 5) is 12.3. The summed E-state index contributed by atoms with van der Waals surface area (Å²) < 4.78 is 18.1. The molecule has 1 aliphatic rings. The molecule has 0 aliphatic carbocycles. The van der Waals surface area contributed by atoms with E-state index >= 15 is 0 Å². The van der Waals surface area contributed by atoms with Crippen LogP contribution in [-0.2, 0) is 11.2 Å². The molecule has 1 amide bonds. The van der Waals surface area contributed by atoms with E-state index in [4.69, 9.17) is 4.74 Å². The molecule has 0 radical (unpaired) electrons. The number of halogens is 1. The van der Waals surface area contributed by atoms with Crippen LogP contribution in [0.15, 0.2) is 53.6 Å². The van der Waals surface area contributed by atoms with Gasteiger partial charge in [0.15, 0.2) is 0 Å². The second kappa shape index (κ2) is 6.60. The van der Waals surface area contributed by atoms with Gasteiger partial charge >= 0.3 is 0 Å². The van der Waals surface area contributed by atoms with Crippen LogP contribution in [0.1, 0.15) is 17.5 Å². The van der Waals surface area contributed by atoms with Crippen molar-refractivity contribution in [2.75, 3.05) is 13.7 Å². The van der Waals surface area contributed by atoms with E-state index in [0.717, 1.165) is 22.6 Å². The van der Waals surface area contributed by atoms with Crippen LogP contribution in [0.2, 0.25) is 0 Å². The summed E-state index contributed by atoms with van der Waals surface area (Å²) in [6.45, 7) is 0.557. The van der Waals surface area contributed by atoms with E-state index in [1.807, 2.05) is 24.3 Å². The van der Waals surface area contributed by atoms with Crippen LogP contribution >= 0.6 is 0 Å². The summed E-state index contributed by atoms with van der Waals surface area (Å²) in [6.07, 6.45) is 0.976. The largest absolute Gasteiger partial charge is 0.497 e. The fourth-order valence-electron chi connectivity index (χ4n) is 2.49. The first-order valence-corrected chi connectivity index (χ1v) is 7.42. The van der Waals surface area contributed by atoms with Crippen LogP contribution in [0.5, 0.6) is 5.75 Å². The Morgan fingerprint density at radius 1 is 1.17 bits per heavy atom. The average molecular weight is 312 g/mol. The minimum absolute atomic E-state index is 0.0488. The summed E-state index contributed by atoms with van der Waals surface area (Å²) in [5.41, 5.74) is 2.58. The molecule has 0 saturated heterocycles. The van der Waals surface area contributed by atoms with Gasteiger partial charge in [0.2, 0.25) is 5.91 Å². The average Bonchev–Trinajstić information content (AvgIpc) is 3.06. The maximum Gasteiger partial charge on any atom is 0.247 e. The Morgan fingerprint density at radius 2 is 1.87 bits per heavy atom. The Morgan fingerprint density at radius 3 is 2.52 bits per heavy atom. The van der Waals surface area contributed by atoms with Gasteiger partial charge < -0.3 is 4.74 Å². The van der Waals surface area contributed by atoms with Crippen molar-refractivity contribution in [1.82, 2.24) is 5.01 Å². The number of hydrogen-bond donors (Lipinski definition) is 0. The van der Waals surface area contributed by atoms with Crippen LogP contribution in [0.25, 0.3) is 0 Å². The number of amides is 1. The molecular weight excluding hydrogens is 295 g/mol. The van der Waals surface area contributed by atoms with Gasteiger partial charge in [0.1, 0.15) is 11.6 Å².